The summed E-state index contributed by atoms with van der Waals surface area (Å²) in [5, 5.41) is 3.06. The number of nitrogens with zero attached hydrogens (tertiary/aromatic N) is 3. The molecule has 2 aliphatic rings. The van der Waals surface area contributed by atoms with E-state index in [4.69, 9.17) is 0 Å². The van der Waals surface area contributed by atoms with Crippen LogP contribution in [0, 0.1) is 5.92 Å². The molecule has 2 aromatic carbocycles. The number of hydrogen-bond donors (Lipinski definition) is 1. The standard InChI is InChI=1S/C26H34N4O2/c1-3-20(2)24-25(31)27-23-12-8-7-11-22(23)19-30(24)26(32)29-17-15-28(16-18-29)14-13-21-9-5-4-6-10-21/h4-12,20,24H,3,13-19H2,1-2H3,(H,27,31). The van der Waals surface area contributed by atoms with Gasteiger partial charge >= 0.3 is 6.03 Å². The third-order valence-corrected chi connectivity index (χ3v) is 6.85. The normalized spacial score (nSPS) is 20.3. The summed E-state index contributed by atoms with van der Waals surface area (Å²) >= 11 is 0. The fourth-order valence-electron chi connectivity index (χ4n) is 4.66. The number of fused-ring (bicyclic) bond motifs is 1. The lowest BCUT2D eigenvalue weighted by Crippen LogP contribution is -2.57. The molecule has 1 fully saturated rings. The average molecular weight is 435 g/mol. The lowest BCUT2D eigenvalue weighted by molar-refractivity contribution is -0.122. The van der Waals surface area contributed by atoms with E-state index in [0.29, 0.717) is 19.6 Å². The average Bonchev–Trinajstić information content (AvgIpc) is 2.98. The molecule has 3 amide bonds. The number of amides is 3. The number of anilines is 1. The Kier molecular flexibility index (Phi) is 7.10. The first-order valence-corrected chi connectivity index (χ1v) is 11.8. The molecular formula is C26H34N4O2. The number of benzene rings is 2. The van der Waals surface area contributed by atoms with E-state index in [0.717, 1.165) is 43.7 Å². The fraction of sp³-hybridized carbons (Fsp3) is 0.462. The van der Waals surface area contributed by atoms with Crippen LogP contribution < -0.4 is 5.32 Å². The van der Waals surface area contributed by atoms with Crippen LogP contribution in [0.2, 0.25) is 0 Å². The zero-order chi connectivity index (χ0) is 22.5. The van der Waals surface area contributed by atoms with Gasteiger partial charge < -0.3 is 15.1 Å². The molecule has 0 aromatic heterocycles. The second kappa shape index (κ2) is 10.2. The van der Waals surface area contributed by atoms with Crippen molar-refractivity contribution in [2.75, 3.05) is 38.0 Å². The summed E-state index contributed by atoms with van der Waals surface area (Å²) in [6, 6.07) is 17.8. The first kappa shape index (κ1) is 22.3. The molecule has 4 rings (SSSR count). The molecule has 6 nitrogen and oxygen atoms in total. The predicted octanol–water partition coefficient (Wildman–Crippen LogP) is 3.84. The summed E-state index contributed by atoms with van der Waals surface area (Å²) in [4.78, 5) is 32.9. The highest BCUT2D eigenvalue weighted by atomic mass is 16.2. The number of rotatable bonds is 5. The Bertz CT molecular complexity index is 924. The van der Waals surface area contributed by atoms with Crippen LogP contribution in [-0.4, -0.2) is 65.4 Å². The number of nitrogens with one attached hydrogen (secondary N) is 1. The van der Waals surface area contributed by atoms with Gasteiger partial charge in [-0.1, -0.05) is 68.8 Å². The lowest BCUT2D eigenvalue weighted by atomic mass is 9.97. The highest BCUT2D eigenvalue weighted by Crippen LogP contribution is 2.28. The van der Waals surface area contributed by atoms with Crippen molar-refractivity contribution in [3.63, 3.8) is 0 Å². The molecule has 2 atom stereocenters. The van der Waals surface area contributed by atoms with Crippen LogP contribution in [0.25, 0.3) is 0 Å². The minimum atomic E-state index is -0.462. The van der Waals surface area contributed by atoms with Crippen LogP contribution >= 0.6 is 0 Å². The lowest BCUT2D eigenvalue weighted by Gasteiger charge is -2.40. The van der Waals surface area contributed by atoms with E-state index in [2.05, 4.69) is 48.3 Å². The van der Waals surface area contributed by atoms with Gasteiger partial charge in [0.1, 0.15) is 6.04 Å². The van der Waals surface area contributed by atoms with Crippen molar-refractivity contribution in [1.82, 2.24) is 14.7 Å². The summed E-state index contributed by atoms with van der Waals surface area (Å²) in [5.41, 5.74) is 3.14. The van der Waals surface area contributed by atoms with Gasteiger partial charge in [0.15, 0.2) is 0 Å². The SMILES string of the molecule is CCC(C)C1C(=O)Nc2ccccc2CN1C(=O)N1CCN(CCc2ccccc2)CC1. The van der Waals surface area contributed by atoms with Crippen molar-refractivity contribution in [3.05, 3.63) is 65.7 Å². The van der Waals surface area contributed by atoms with Crippen LogP contribution in [0.1, 0.15) is 31.4 Å². The predicted molar refractivity (Wildman–Crippen MR) is 127 cm³/mol. The Balaban J connectivity index is 1.43. The molecule has 6 heteroatoms. The quantitative estimate of drug-likeness (QED) is 0.778. The second-order valence-corrected chi connectivity index (χ2v) is 8.95. The van der Waals surface area contributed by atoms with Crippen LogP contribution in [0.5, 0.6) is 0 Å². The Morgan fingerprint density at radius 2 is 1.72 bits per heavy atom. The highest BCUT2D eigenvalue weighted by molar-refractivity contribution is 5.98. The molecule has 0 spiro atoms. The molecular weight excluding hydrogens is 400 g/mol. The number of hydrogen-bond acceptors (Lipinski definition) is 3. The summed E-state index contributed by atoms with van der Waals surface area (Å²) in [6.45, 7) is 8.71. The number of piperazine rings is 1. The first-order valence-electron chi connectivity index (χ1n) is 11.8. The number of urea groups is 1. The van der Waals surface area contributed by atoms with E-state index in [9.17, 15) is 9.59 Å². The van der Waals surface area contributed by atoms with Gasteiger partial charge in [-0.15, -0.1) is 0 Å². The number of carbonyl (C=O) groups excluding carboxylic acids is 2. The third kappa shape index (κ3) is 4.96. The van der Waals surface area contributed by atoms with Gasteiger partial charge in [0.2, 0.25) is 5.91 Å². The van der Waals surface area contributed by atoms with E-state index >= 15 is 0 Å². The zero-order valence-corrected chi connectivity index (χ0v) is 19.2. The van der Waals surface area contributed by atoms with E-state index in [1.165, 1.54) is 5.56 Å². The van der Waals surface area contributed by atoms with Gasteiger partial charge in [-0.05, 0) is 29.5 Å². The van der Waals surface area contributed by atoms with Crippen molar-refractivity contribution < 1.29 is 9.59 Å². The van der Waals surface area contributed by atoms with E-state index in [1.807, 2.05) is 35.2 Å². The number of carbonyl (C=O) groups is 2. The molecule has 0 bridgehead atoms. The smallest absolute Gasteiger partial charge is 0.321 e. The topological polar surface area (TPSA) is 55.9 Å². The van der Waals surface area contributed by atoms with Crippen molar-refractivity contribution in [1.29, 1.82) is 0 Å². The molecule has 32 heavy (non-hydrogen) atoms. The van der Waals surface area contributed by atoms with E-state index in [1.54, 1.807) is 4.90 Å². The van der Waals surface area contributed by atoms with Crippen LogP contribution in [0.15, 0.2) is 54.6 Å². The van der Waals surface area contributed by atoms with Crippen LogP contribution in [-0.2, 0) is 17.8 Å². The van der Waals surface area contributed by atoms with Gasteiger partial charge in [-0.2, -0.15) is 0 Å². The summed E-state index contributed by atoms with van der Waals surface area (Å²) in [6.07, 6.45) is 1.86. The molecule has 0 aliphatic carbocycles. The minimum absolute atomic E-state index is 0.0233. The maximum atomic E-state index is 13.6. The third-order valence-electron chi connectivity index (χ3n) is 6.85. The van der Waals surface area contributed by atoms with Crippen molar-refractivity contribution in [2.45, 2.75) is 39.3 Å². The zero-order valence-electron chi connectivity index (χ0n) is 19.2. The van der Waals surface area contributed by atoms with Crippen molar-refractivity contribution in [2.24, 2.45) is 5.92 Å². The summed E-state index contributed by atoms with van der Waals surface area (Å²) in [5.74, 6) is -0.000397. The van der Waals surface area contributed by atoms with Crippen molar-refractivity contribution in [3.8, 4) is 0 Å². The number of para-hydroxylation sites is 1. The molecule has 170 valence electrons. The van der Waals surface area contributed by atoms with Crippen molar-refractivity contribution >= 4 is 17.6 Å². The van der Waals surface area contributed by atoms with Gasteiger partial charge in [-0.3, -0.25) is 9.69 Å². The molecule has 2 unspecified atom stereocenters. The molecule has 2 aliphatic heterocycles. The molecule has 1 N–H and O–H groups in total. The van der Waals surface area contributed by atoms with Gasteiger partial charge in [-0.25, -0.2) is 4.79 Å². The molecule has 0 saturated carbocycles. The fourth-order valence-corrected chi connectivity index (χ4v) is 4.66. The van der Waals surface area contributed by atoms with E-state index in [-0.39, 0.29) is 17.9 Å². The van der Waals surface area contributed by atoms with Gasteiger partial charge in [0.25, 0.3) is 0 Å². The molecule has 2 heterocycles. The monoisotopic (exact) mass is 434 g/mol. The Labute approximate surface area is 191 Å². The van der Waals surface area contributed by atoms with E-state index < -0.39 is 6.04 Å². The molecule has 1 saturated heterocycles. The second-order valence-electron chi connectivity index (χ2n) is 8.95. The maximum absolute atomic E-state index is 13.6. The van der Waals surface area contributed by atoms with Crippen LogP contribution in [0.3, 0.4) is 0 Å². The van der Waals surface area contributed by atoms with Gasteiger partial charge in [0, 0.05) is 38.4 Å². The van der Waals surface area contributed by atoms with Gasteiger partial charge in [0.05, 0.1) is 6.54 Å². The maximum Gasteiger partial charge on any atom is 0.321 e. The summed E-state index contributed by atoms with van der Waals surface area (Å²) in [7, 11) is 0. The Morgan fingerprint density at radius 3 is 2.44 bits per heavy atom. The molecule has 0 radical (unpaired) electrons. The summed E-state index contributed by atoms with van der Waals surface area (Å²) < 4.78 is 0. The van der Waals surface area contributed by atoms with Crippen LogP contribution in [0.4, 0.5) is 10.5 Å². The first-order chi connectivity index (χ1) is 15.6. The Hall–Kier alpha value is -2.86. The minimum Gasteiger partial charge on any atom is -0.324 e. The Morgan fingerprint density at radius 1 is 1.03 bits per heavy atom. The molecule has 2 aromatic rings. The largest absolute Gasteiger partial charge is 0.324 e. The highest BCUT2D eigenvalue weighted by Gasteiger charge is 2.38.